The SMILES string of the molecule is Cc1ccc(S(=O)(=O)N2CC3CC3(CC(=O)C(C)C)C2)cc1. The molecule has 1 aliphatic heterocycles. The van der Waals surface area contributed by atoms with Crippen molar-refractivity contribution in [1.82, 2.24) is 4.31 Å². The van der Waals surface area contributed by atoms with E-state index in [1.54, 1.807) is 16.4 Å². The van der Waals surface area contributed by atoms with Gasteiger partial charge in [0, 0.05) is 25.4 Å². The van der Waals surface area contributed by atoms with Gasteiger partial charge in [-0.15, -0.1) is 0 Å². The van der Waals surface area contributed by atoms with Crippen LogP contribution < -0.4 is 0 Å². The van der Waals surface area contributed by atoms with Crippen LogP contribution >= 0.6 is 0 Å². The number of hydrogen-bond donors (Lipinski definition) is 0. The van der Waals surface area contributed by atoms with Gasteiger partial charge in [0.1, 0.15) is 5.78 Å². The van der Waals surface area contributed by atoms with Gasteiger partial charge in [-0.1, -0.05) is 31.5 Å². The number of ketones is 1. The molecule has 4 nitrogen and oxygen atoms in total. The fourth-order valence-electron chi connectivity index (χ4n) is 3.41. The van der Waals surface area contributed by atoms with Gasteiger partial charge in [-0.25, -0.2) is 8.42 Å². The summed E-state index contributed by atoms with van der Waals surface area (Å²) >= 11 is 0. The number of sulfonamides is 1. The molecule has 0 spiro atoms. The van der Waals surface area contributed by atoms with Crippen molar-refractivity contribution in [2.45, 2.75) is 38.5 Å². The molecule has 1 aromatic carbocycles. The van der Waals surface area contributed by atoms with Crippen LogP contribution in [0.1, 0.15) is 32.3 Å². The third kappa shape index (κ3) is 2.61. The predicted molar refractivity (Wildman–Crippen MR) is 84.9 cm³/mol. The standard InChI is InChI=1S/C17H23NO3S/c1-12(2)16(19)9-17-8-14(17)10-18(11-17)22(20,21)15-6-4-13(3)5-7-15/h4-7,12,14H,8-11H2,1-3H3. The van der Waals surface area contributed by atoms with Crippen molar-refractivity contribution in [1.29, 1.82) is 0 Å². The number of piperidine rings is 1. The minimum absolute atomic E-state index is 0.0263. The summed E-state index contributed by atoms with van der Waals surface area (Å²) in [5.74, 6) is 0.630. The Morgan fingerprint density at radius 2 is 1.95 bits per heavy atom. The molecule has 1 saturated carbocycles. The summed E-state index contributed by atoms with van der Waals surface area (Å²) in [6, 6.07) is 6.98. The summed E-state index contributed by atoms with van der Waals surface area (Å²) in [7, 11) is -3.43. The van der Waals surface area contributed by atoms with E-state index in [4.69, 9.17) is 0 Å². The van der Waals surface area contributed by atoms with E-state index in [-0.39, 0.29) is 17.1 Å². The van der Waals surface area contributed by atoms with Crippen molar-refractivity contribution in [3.05, 3.63) is 29.8 Å². The maximum absolute atomic E-state index is 12.7. The van der Waals surface area contributed by atoms with Gasteiger partial charge in [0.2, 0.25) is 10.0 Å². The topological polar surface area (TPSA) is 54.5 Å². The number of rotatable bonds is 5. The Balaban J connectivity index is 1.76. The second-order valence-corrected chi connectivity index (χ2v) is 9.11. The Labute approximate surface area is 132 Å². The highest BCUT2D eigenvalue weighted by molar-refractivity contribution is 7.89. The van der Waals surface area contributed by atoms with Crippen molar-refractivity contribution >= 4 is 15.8 Å². The van der Waals surface area contributed by atoms with Gasteiger partial charge in [0.15, 0.2) is 0 Å². The third-order valence-corrected chi connectivity index (χ3v) is 6.93. The van der Waals surface area contributed by atoms with Gasteiger partial charge in [-0.05, 0) is 36.8 Å². The molecule has 0 aromatic heterocycles. The molecule has 1 heterocycles. The molecule has 120 valence electrons. The summed E-state index contributed by atoms with van der Waals surface area (Å²) < 4.78 is 27.0. The molecule has 1 saturated heterocycles. The van der Waals surface area contributed by atoms with Gasteiger partial charge >= 0.3 is 0 Å². The molecular formula is C17H23NO3S. The Bertz CT molecular complexity index is 693. The summed E-state index contributed by atoms with van der Waals surface area (Å²) in [6.07, 6.45) is 1.51. The maximum atomic E-state index is 12.7. The van der Waals surface area contributed by atoms with Crippen LogP contribution in [-0.2, 0) is 14.8 Å². The minimum atomic E-state index is -3.43. The first-order valence-corrected chi connectivity index (χ1v) is 9.28. The van der Waals surface area contributed by atoms with Crippen LogP contribution in [0.25, 0.3) is 0 Å². The summed E-state index contributed by atoms with van der Waals surface area (Å²) in [5.41, 5.74) is 0.960. The number of fused-ring (bicyclic) bond motifs is 1. The van der Waals surface area contributed by atoms with Gasteiger partial charge in [-0.2, -0.15) is 4.31 Å². The third-order valence-electron chi connectivity index (χ3n) is 5.10. The van der Waals surface area contributed by atoms with Crippen molar-refractivity contribution < 1.29 is 13.2 Å². The molecule has 0 amide bonds. The Morgan fingerprint density at radius 1 is 1.32 bits per heavy atom. The van der Waals surface area contributed by atoms with Gasteiger partial charge in [0.25, 0.3) is 0 Å². The number of carbonyl (C=O) groups excluding carboxylic acids is 1. The Hall–Kier alpha value is -1.20. The van der Waals surface area contributed by atoms with Gasteiger partial charge in [0.05, 0.1) is 4.90 Å². The van der Waals surface area contributed by atoms with E-state index < -0.39 is 10.0 Å². The Kier molecular flexibility index (Phi) is 3.68. The average molecular weight is 321 g/mol. The van der Waals surface area contributed by atoms with Crippen LogP contribution in [0.3, 0.4) is 0 Å². The van der Waals surface area contributed by atoms with Crippen molar-refractivity contribution in [2.24, 2.45) is 17.3 Å². The molecule has 0 bridgehead atoms. The summed E-state index contributed by atoms with van der Waals surface area (Å²) in [4.78, 5) is 12.4. The highest BCUT2D eigenvalue weighted by Gasteiger charge is 2.62. The molecule has 2 fully saturated rings. The molecule has 22 heavy (non-hydrogen) atoms. The zero-order chi connectivity index (χ0) is 16.1. The van der Waals surface area contributed by atoms with Gasteiger partial charge in [-0.3, -0.25) is 4.79 Å². The maximum Gasteiger partial charge on any atom is 0.243 e. The van der Waals surface area contributed by atoms with E-state index in [0.717, 1.165) is 12.0 Å². The molecule has 2 unspecified atom stereocenters. The van der Waals surface area contributed by atoms with Crippen molar-refractivity contribution in [2.75, 3.05) is 13.1 Å². The van der Waals surface area contributed by atoms with E-state index in [2.05, 4.69) is 0 Å². The lowest BCUT2D eigenvalue weighted by Crippen LogP contribution is -2.32. The lowest BCUT2D eigenvalue weighted by atomic mass is 9.93. The number of Topliss-reactive ketones (excluding diaryl/α,β-unsaturated/α-hetero) is 1. The molecule has 1 aromatic rings. The molecule has 0 radical (unpaired) electrons. The fraction of sp³-hybridized carbons (Fsp3) is 0.588. The normalized spacial score (nSPS) is 27.9. The van der Waals surface area contributed by atoms with Crippen molar-refractivity contribution in [3.8, 4) is 0 Å². The second kappa shape index (κ2) is 5.17. The van der Waals surface area contributed by atoms with Crippen LogP contribution in [0.2, 0.25) is 0 Å². The molecule has 0 N–H and O–H groups in total. The number of nitrogens with zero attached hydrogens (tertiary/aromatic N) is 1. The Morgan fingerprint density at radius 3 is 2.55 bits per heavy atom. The smallest absolute Gasteiger partial charge is 0.243 e. The number of aryl methyl sites for hydroxylation is 1. The van der Waals surface area contributed by atoms with E-state index in [0.29, 0.717) is 30.3 Å². The minimum Gasteiger partial charge on any atom is -0.299 e. The molecule has 3 rings (SSSR count). The average Bonchev–Trinajstić information content (AvgIpc) is 2.99. The molecule has 5 heteroatoms. The predicted octanol–water partition coefficient (Wildman–Crippen LogP) is 2.62. The first kappa shape index (κ1) is 15.7. The quantitative estimate of drug-likeness (QED) is 0.838. The fourth-order valence-corrected chi connectivity index (χ4v) is 4.99. The van der Waals surface area contributed by atoms with E-state index >= 15 is 0 Å². The molecule has 2 atom stereocenters. The van der Waals surface area contributed by atoms with E-state index in [1.807, 2.05) is 32.9 Å². The molecule has 2 aliphatic rings. The van der Waals surface area contributed by atoms with Crippen LogP contribution in [0.15, 0.2) is 29.2 Å². The number of carbonyl (C=O) groups is 1. The lowest BCUT2D eigenvalue weighted by Gasteiger charge is -2.21. The second-order valence-electron chi connectivity index (χ2n) is 7.17. The summed E-state index contributed by atoms with van der Waals surface area (Å²) in [5, 5.41) is 0. The highest BCUT2D eigenvalue weighted by Crippen LogP contribution is 2.61. The van der Waals surface area contributed by atoms with E-state index in [9.17, 15) is 13.2 Å². The van der Waals surface area contributed by atoms with Crippen molar-refractivity contribution in [3.63, 3.8) is 0 Å². The van der Waals surface area contributed by atoms with Crippen LogP contribution in [0, 0.1) is 24.2 Å². The van der Waals surface area contributed by atoms with Gasteiger partial charge < -0.3 is 0 Å². The van der Waals surface area contributed by atoms with Crippen LogP contribution in [-0.4, -0.2) is 31.6 Å². The van der Waals surface area contributed by atoms with E-state index in [1.165, 1.54) is 0 Å². The number of hydrogen-bond acceptors (Lipinski definition) is 3. The summed E-state index contributed by atoms with van der Waals surface area (Å²) in [6.45, 7) is 6.81. The first-order chi connectivity index (χ1) is 10.2. The molecular weight excluding hydrogens is 298 g/mol. The molecule has 1 aliphatic carbocycles. The largest absolute Gasteiger partial charge is 0.299 e. The van der Waals surface area contributed by atoms with Crippen LogP contribution in [0.4, 0.5) is 0 Å². The zero-order valence-corrected chi connectivity index (χ0v) is 14.2. The number of benzene rings is 1. The first-order valence-electron chi connectivity index (χ1n) is 7.84. The monoisotopic (exact) mass is 321 g/mol. The zero-order valence-electron chi connectivity index (χ0n) is 13.4. The lowest BCUT2D eigenvalue weighted by molar-refractivity contribution is -0.123. The highest BCUT2D eigenvalue weighted by atomic mass is 32.2. The van der Waals surface area contributed by atoms with Crippen LogP contribution in [0.5, 0.6) is 0 Å².